The number of nitrogens with zero attached hydrogens (tertiary/aromatic N) is 2. The van der Waals surface area contributed by atoms with Crippen molar-refractivity contribution in [3.63, 3.8) is 0 Å². The number of Topliss-reactive ketones (excluding diaryl/α,β-unsaturated/α-hetero) is 1. The molecule has 0 saturated carbocycles. The maximum absolute atomic E-state index is 13.4. The molecule has 35 heavy (non-hydrogen) atoms. The van der Waals surface area contributed by atoms with E-state index in [1.54, 1.807) is 23.1 Å². The summed E-state index contributed by atoms with van der Waals surface area (Å²) in [5.74, 6) is -0.847. The molecule has 0 spiro atoms. The van der Waals surface area contributed by atoms with Crippen molar-refractivity contribution >= 4 is 33.4 Å². The van der Waals surface area contributed by atoms with Crippen molar-refractivity contribution in [3.8, 4) is 0 Å². The van der Waals surface area contributed by atoms with Crippen molar-refractivity contribution in [2.45, 2.75) is 38.0 Å². The van der Waals surface area contributed by atoms with E-state index >= 15 is 0 Å². The first kappa shape index (κ1) is 24.9. The van der Waals surface area contributed by atoms with Gasteiger partial charge in [0.05, 0.1) is 17.4 Å². The standard InChI is InChI=1S/C26H30N2O6S/c1-19(29)27-15-12-26(13-16-27,22-8-4-3-5-9-22)25(31)34-18-24(30)21-10-11-23-20(17-21)7-6-14-28(23)35(2,32)33/h3-5,8-11,17H,6-7,12-16,18H2,1-2H3. The third kappa shape index (κ3) is 5.10. The fraction of sp³-hybridized carbons (Fsp3) is 0.423. The quantitative estimate of drug-likeness (QED) is 0.448. The van der Waals surface area contributed by atoms with E-state index in [1.165, 1.54) is 17.5 Å². The molecule has 0 atom stereocenters. The first-order chi connectivity index (χ1) is 16.6. The lowest BCUT2D eigenvalue weighted by atomic mass is 9.72. The number of sulfonamides is 1. The Morgan fingerprint density at radius 1 is 1.00 bits per heavy atom. The van der Waals surface area contributed by atoms with Gasteiger partial charge in [0.2, 0.25) is 15.9 Å². The Morgan fingerprint density at radius 2 is 1.69 bits per heavy atom. The molecule has 2 aromatic carbocycles. The van der Waals surface area contributed by atoms with E-state index in [-0.39, 0.29) is 11.7 Å². The fourth-order valence-electron chi connectivity index (χ4n) is 5.00. The summed E-state index contributed by atoms with van der Waals surface area (Å²) in [6.45, 7) is 2.40. The van der Waals surface area contributed by atoms with E-state index < -0.39 is 28.0 Å². The Hall–Kier alpha value is -3.20. The van der Waals surface area contributed by atoms with Crippen LogP contribution in [0, 0.1) is 0 Å². The Bertz CT molecular complexity index is 1230. The van der Waals surface area contributed by atoms with Crippen LogP contribution in [0.3, 0.4) is 0 Å². The fourth-order valence-corrected chi connectivity index (χ4v) is 6.00. The van der Waals surface area contributed by atoms with Gasteiger partial charge in [0, 0.05) is 32.1 Å². The summed E-state index contributed by atoms with van der Waals surface area (Å²) in [7, 11) is -3.39. The Labute approximate surface area is 205 Å². The molecular formula is C26H30N2O6S. The highest BCUT2D eigenvalue weighted by Gasteiger charge is 2.45. The second kappa shape index (κ2) is 9.81. The number of piperidine rings is 1. The number of ether oxygens (including phenoxy) is 1. The van der Waals surface area contributed by atoms with Gasteiger partial charge in [-0.15, -0.1) is 0 Å². The van der Waals surface area contributed by atoms with Crippen LogP contribution in [0.1, 0.15) is 47.7 Å². The number of carbonyl (C=O) groups excluding carboxylic acids is 3. The normalized spacial score (nSPS) is 17.4. The Morgan fingerprint density at radius 3 is 2.31 bits per heavy atom. The predicted molar refractivity (Wildman–Crippen MR) is 132 cm³/mol. The van der Waals surface area contributed by atoms with E-state index in [0.29, 0.717) is 56.6 Å². The van der Waals surface area contributed by atoms with Crippen molar-refractivity contribution in [3.05, 3.63) is 65.2 Å². The lowest BCUT2D eigenvalue weighted by Gasteiger charge is -2.40. The maximum atomic E-state index is 13.4. The van der Waals surface area contributed by atoms with Gasteiger partial charge in [0.25, 0.3) is 0 Å². The zero-order chi connectivity index (χ0) is 25.2. The van der Waals surface area contributed by atoms with Crippen molar-refractivity contribution in [1.29, 1.82) is 0 Å². The summed E-state index contributed by atoms with van der Waals surface area (Å²) >= 11 is 0. The number of carbonyl (C=O) groups is 3. The highest BCUT2D eigenvalue weighted by atomic mass is 32.2. The van der Waals surface area contributed by atoms with E-state index in [1.807, 2.05) is 30.3 Å². The molecule has 9 heteroatoms. The number of hydrogen-bond donors (Lipinski definition) is 0. The number of hydrogen-bond acceptors (Lipinski definition) is 6. The van der Waals surface area contributed by atoms with E-state index in [4.69, 9.17) is 4.74 Å². The van der Waals surface area contributed by atoms with Crippen LogP contribution >= 0.6 is 0 Å². The number of benzene rings is 2. The van der Waals surface area contributed by atoms with Crippen LogP contribution in [0.15, 0.2) is 48.5 Å². The van der Waals surface area contributed by atoms with Gasteiger partial charge in [-0.1, -0.05) is 30.3 Å². The zero-order valence-corrected chi connectivity index (χ0v) is 20.8. The first-order valence-electron chi connectivity index (χ1n) is 11.7. The van der Waals surface area contributed by atoms with Crippen LogP contribution in [-0.4, -0.2) is 63.5 Å². The maximum Gasteiger partial charge on any atom is 0.317 e. The minimum atomic E-state index is -3.39. The molecule has 0 radical (unpaired) electrons. The number of ketones is 1. The van der Waals surface area contributed by atoms with Gasteiger partial charge in [0.1, 0.15) is 0 Å². The molecule has 0 aromatic heterocycles. The van der Waals surface area contributed by atoms with Crippen molar-refractivity contribution in [2.75, 3.05) is 36.8 Å². The highest BCUT2D eigenvalue weighted by Crippen LogP contribution is 2.37. The number of amides is 1. The van der Waals surface area contributed by atoms with Crippen LogP contribution in [0.25, 0.3) is 0 Å². The topological polar surface area (TPSA) is 101 Å². The molecule has 8 nitrogen and oxygen atoms in total. The number of rotatable bonds is 6. The van der Waals surface area contributed by atoms with Crippen molar-refractivity contribution in [2.24, 2.45) is 0 Å². The second-order valence-electron chi connectivity index (χ2n) is 9.24. The highest BCUT2D eigenvalue weighted by molar-refractivity contribution is 7.92. The summed E-state index contributed by atoms with van der Waals surface area (Å²) in [6, 6.07) is 14.3. The molecule has 1 amide bonds. The van der Waals surface area contributed by atoms with E-state index in [9.17, 15) is 22.8 Å². The van der Waals surface area contributed by atoms with E-state index in [0.717, 1.165) is 11.1 Å². The minimum absolute atomic E-state index is 0.0305. The summed E-state index contributed by atoms with van der Waals surface area (Å²) in [5, 5.41) is 0. The SMILES string of the molecule is CC(=O)N1CCC(C(=O)OCC(=O)c2ccc3c(c2)CCCN3S(C)(=O)=O)(c2ccccc2)CC1. The van der Waals surface area contributed by atoms with Gasteiger partial charge in [-0.25, -0.2) is 8.42 Å². The minimum Gasteiger partial charge on any atom is -0.457 e. The van der Waals surface area contributed by atoms with Crippen molar-refractivity contribution < 1.29 is 27.5 Å². The molecule has 0 N–H and O–H groups in total. The van der Waals surface area contributed by atoms with Crippen molar-refractivity contribution in [1.82, 2.24) is 4.90 Å². The van der Waals surface area contributed by atoms with Crippen LogP contribution in [0.5, 0.6) is 0 Å². The monoisotopic (exact) mass is 498 g/mol. The van der Waals surface area contributed by atoms with Gasteiger partial charge in [0.15, 0.2) is 12.4 Å². The zero-order valence-electron chi connectivity index (χ0n) is 20.0. The largest absolute Gasteiger partial charge is 0.457 e. The molecule has 1 fully saturated rings. The summed E-state index contributed by atoms with van der Waals surface area (Å²) in [4.78, 5) is 39.8. The third-order valence-corrected chi connectivity index (χ3v) is 8.17. The molecule has 0 unspecified atom stereocenters. The lowest BCUT2D eigenvalue weighted by molar-refractivity contribution is -0.153. The molecule has 186 valence electrons. The average molecular weight is 499 g/mol. The van der Waals surface area contributed by atoms with Crippen LogP contribution in [-0.2, 0) is 36.2 Å². The molecule has 2 aromatic rings. The van der Waals surface area contributed by atoms with Gasteiger partial charge in [-0.2, -0.15) is 0 Å². The van der Waals surface area contributed by atoms with Crippen LogP contribution in [0.2, 0.25) is 0 Å². The Kier molecular flexibility index (Phi) is 6.98. The van der Waals surface area contributed by atoms with Crippen LogP contribution in [0.4, 0.5) is 5.69 Å². The average Bonchev–Trinajstić information content (AvgIpc) is 2.86. The lowest BCUT2D eigenvalue weighted by Crippen LogP contribution is -2.49. The van der Waals surface area contributed by atoms with Gasteiger partial charge >= 0.3 is 5.97 Å². The van der Waals surface area contributed by atoms with Gasteiger partial charge in [-0.05, 0) is 55.0 Å². The van der Waals surface area contributed by atoms with E-state index in [2.05, 4.69) is 0 Å². The third-order valence-electron chi connectivity index (χ3n) is 6.99. The number of likely N-dealkylation sites (tertiary alicyclic amines) is 1. The predicted octanol–water partition coefficient (Wildman–Crippen LogP) is 2.71. The molecule has 2 aliphatic rings. The number of fused-ring (bicyclic) bond motifs is 1. The summed E-state index contributed by atoms with van der Waals surface area (Å²) < 4.78 is 31.1. The van der Waals surface area contributed by atoms with Gasteiger partial charge < -0.3 is 9.64 Å². The second-order valence-corrected chi connectivity index (χ2v) is 11.1. The molecule has 2 aliphatic heterocycles. The Balaban J connectivity index is 1.50. The van der Waals surface area contributed by atoms with Crippen LogP contribution < -0.4 is 4.31 Å². The van der Waals surface area contributed by atoms with Gasteiger partial charge in [-0.3, -0.25) is 18.7 Å². The number of aryl methyl sites for hydroxylation is 1. The molecule has 4 rings (SSSR count). The molecule has 1 saturated heterocycles. The summed E-state index contributed by atoms with van der Waals surface area (Å²) in [5.41, 5.74) is 1.66. The molecule has 0 bridgehead atoms. The number of anilines is 1. The molecule has 0 aliphatic carbocycles. The molecular weight excluding hydrogens is 468 g/mol. The first-order valence-corrected chi connectivity index (χ1v) is 13.6. The number of esters is 1. The molecule has 2 heterocycles. The summed E-state index contributed by atoms with van der Waals surface area (Å²) in [6.07, 6.45) is 3.35. The smallest absolute Gasteiger partial charge is 0.317 e.